The van der Waals surface area contributed by atoms with E-state index in [4.69, 9.17) is 14.7 Å². The van der Waals surface area contributed by atoms with Crippen molar-refractivity contribution in [3.8, 4) is 5.75 Å². The number of piperazine rings is 1. The Morgan fingerprint density at radius 2 is 1.58 bits per heavy atom. The third kappa shape index (κ3) is 9.35. The number of imide groups is 1. The van der Waals surface area contributed by atoms with Crippen molar-refractivity contribution >= 4 is 45.2 Å². The molecule has 2 saturated heterocycles. The third-order valence-corrected chi connectivity index (χ3v) is 13.1. The molecule has 4 aromatic heterocycles. The normalized spacial score (nSPS) is 17.6. The third-order valence-electron chi connectivity index (χ3n) is 13.1. The van der Waals surface area contributed by atoms with E-state index >= 15 is 0 Å². The van der Waals surface area contributed by atoms with Crippen molar-refractivity contribution in [2.75, 3.05) is 44.2 Å². The number of amides is 2. The number of aromatic nitrogens is 5. The fourth-order valence-electron chi connectivity index (χ4n) is 9.64. The molecule has 1 atom stereocenters. The van der Waals surface area contributed by atoms with Gasteiger partial charge in [-0.3, -0.25) is 48.3 Å². The van der Waals surface area contributed by atoms with Gasteiger partial charge in [-0.1, -0.05) is 38.5 Å². The number of fused-ring (bicyclic) bond motifs is 2. The first-order valence-electron chi connectivity index (χ1n) is 22.5. The number of carbonyl (C=O) groups excluding carboxylic acids is 3. The Kier molecular flexibility index (Phi) is 13.2. The minimum atomic E-state index is -0.724. The molecule has 1 aromatic carbocycles. The van der Waals surface area contributed by atoms with E-state index < -0.39 is 11.9 Å². The number of carbonyl (C=O) groups is 3. The van der Waals surface area contributed by atoms with Crippen LogP contribution in [0.25, 0.3) is 21.9 Å². The highest BCUT2D eigenvalue weighted by Crippen LogP contribution is 2.32. The summed E-state index contributed by atoms with van der Waals surface area (Å²) in [6.45, 7) is 10.8. The summed E-state index contributed by atoms with van der Waals surface area (Å²) in [5.74, 6) is 0.305. The average molecular weight is 843 g/mol. The molecule has 3 fully saturated rings. The Morgan fingerprint density at radius 3 is 2.31 bits per heavy atom. The van der Waals surface area contributed by atoms with Gasteiger partial charge >= 0.3 is 0 Å². The summed E-state index contributed by atoms with van der Waals surface area (Å²) >= 11 is 0. The summed E-state index contributed by atoms with van der Waals surface area (Å²) in [5.41, 5.74) is 4.49. The molecule has 6 heterocycles. The van der Waals surface area contributed by atoms with E-state index in [2.05, 4.69) is 26.2 Å². The highest BCUT2D eigenvalue weighted by molar-refractivity contribution is 6.00. The van der Waals surface area contributed by atoms with Crippen LogP contribution in [0.3, 0.4) is 0 Å². The lowest BCUT2D eigenvalue weighted by atomic mass is 10.0. The Morgan fingerprint density at radius 1 is 0.823 bits per heavy atom. The number of nitrogens with zero attached hydrogens (tertiary/aromatic N) is 7. The number of piperidine rings is 1. The van der Waals surface area contributed by atoms with Gasteiger partial charge in [0, 0.05) is 73.4 Å². The summed E-state index contributed by atoms with van der Waals surface area (Å²) in [6, 6.07) is 10.7. The molecule has 1 saturated carbocycles. The van der Waals surface area contributed by atoms with Crippen molar-refractivity contribution in [2.45, 2.75) is 116 Å². The number of hydrogen-bond acceptors (Lipinski definition) is 11. The number of nitrogens with one attached hydrogen (secondary N) is 1. The number of anilines is 1. The predicted molar refractivity (Wildman–Crippen MR) is 239 cm³/mol. The van der Waals surface area contributed by atoms with Crippen molar-refractivity contribution in [2.24, 2.45) is 0 Å². The Balaban J connectivity index is 0.748. The fraction of sp³-hybridized carbons (Fsp3) is 0.500. The summed E-state index contributed by atoms with van der Waals surface area (Å²) in [6.07, 6.45) is 15.4. The van der Waals surface area contributed by atoms with Gasteiger partial charge in [0.1, 0.15) is 23.3 Å². The van der Waals surface area contributed by atoms with Gasteiger partial charge in [0.2, 0.25) is 11.8 Å². The number of benzene rings is 1. The molecule has 62 heavy (non-hydrogen) atoms. The molecule has 14 nitrogen and oxygen atoms in total. The highest BCUT2D eigenvalue weighted by Gasteiger charge is 2.30. The summed E-state index contributed by atoms with van der Waals surface area (Å²) in [4.78, 5) is 82.8. The largest absolute Gasteiger partial charge is 0.494 e. The standard InChI is InChI=1S/C48H58N8O6/c1-31-26-44(59)56(40-18-19-43(58)52-47(40)60)41-28-37(16-17-38(31)41)62-25-11-7-5-4-6-10-20-53-21-23-54(24-22-53)36-15-14-34(49-29-36)27-42-50-30-39-32(2)45(33(3)57)48(61)55(46(39)51-42)35-12-8-9-13-35/h14-17,26,28-30,35,40H,4-13,18-25,27H2,1-3H3,(H,52,58,60). The number of pyridine rings is 3. The van der Waals surface area contributed by atoms with Crippen LogP contribution in [-0.4, -0.2) is 85.9 Å². The Labute approximate surface area is 361 Å². The van der Waals surface area contributed by atoms with Crippen LogP contribution in [0.15, 0.2) is 58.4 Å². The molecule has 8 rings (SSSR count). The van der Waals surface area contributed by atoms with Crippen LogP contribution in [0.5, 0.6) is 5.75 Å². The van der Waals surface area contributed by atoms with Crippen molar-refractivity contribution in [3.63, 3.8) is 0 Å². The number of ketones is 1. The van der Waals surface area contributed by atoms with Gasteiger partial charge in [0.05, 0.1) is 36.0 Å². The monoisotopic (exact) mass is 842 g/mol. The second-order valence-electron chi connectivity index (χ2n) is 17.4. The van der Waals surface area contributed by atoms with Crippen molar-refractivity contribution in [1.82, 2.24) is 34.3 Å². The summed E-state index contributed by atoms with van der Waals surface area (Å²) in [5, 5.41) is 4.01. The molecule has 0 radical (unpaired) electrons. The van der Waals surface area contributed by atoms with Gasteiger partial charge in [-0.25, -0.2) is 9.97 Å². The van der Waals surface area contributed by atoms with Gasteiger partial charge in [-0.05, 0) is 94.8 Å². The predicted octanol–water partition coefficient (Wildman–Crippen LogP) is 6.55. The molecule has 0 spiro atoms. The maximum atomic E-state index is 13.6. The molecule has 0 bridgehead atoms. The molecule has 1 N–H and O–H groups in total. The van der Waals surface area contributed by atoms with E-state index in [9.17, 15) is 24.0 Å². The average Bonchev–Trinajstić information content (AvgIpc) is 3.79. The molecule has 5 aromatic rings. The van der Waals surface area contributed by atoms with Crippen LogP contribution in [0, 0.1) is 13.8 Å². The molecular formula is C48H58N8O6. The number of aryl methyl sites for hydroxylation is 2. The van der Waals surface area contributed by atoms with Crippen LogP contribution >= 0.6 is 0 Å². The number of rotatable bonds is 16. The van der Waals surface area contributed by atoms with Crippen molar-refractivity contribution < 1.29 is 19.1 Å². The lowest BCUT2D eigenvalue weighted by Crippen LogP contribution is -2.46. The van der Waals surface area contributed by atoms with Gasteiger partial charge in [-0.15, -0.1) is 0 Å². The minimum Gasteiger partial charge on any atom is -0.494 e. The first-order chi connectivity index (χ1) is 30.0. The lowest BCUT2D eigenvalue weighted by molar-refractivity contribution is -0.135. The SMILES string of the molecule is CC(=O)c1c(C)c2cnc(Cc3ccc(N4CCN(CCCCCCCCOc5ccc6c(C)cc(=O)n(C7CCC(=O)NC7=O)c6c5)CC4)cn3)nc2n(C2CCCC2)c1=O. The van der Waals surface area contributed by atoms with Gasteiger partial charge in [0.25, 0.3) is 11.1 Å². The maximum Gasteiger partial charge on any atom is 0.263 e. The molecule has 2 amide bonds. The smallest absolute Gasteiger partial charge is 0.263 e. The van der Waals surface area contributed by atoms with Crippen molar-refractivity contribution in [1.29, 1.82) is 0 Å². The van der Waals surface area contributed by atoms with Crippen LogP contribution < -0.4 is 26.1 Å². The number of ether oxygens (including phenoxy) is 1. The molecule has 2 aliphatic heterocycles. The molecule has 1 unspecified atom stereocenters. The fourth-order valence-corrected chi connectivity index (χ4v) is 9.64. The van der Waals surface area contributed by atoms with Gasteiger partial charge < -0.3 is 9.64 Å². The first-order valence-corrected chi connectivity index (χ1v) is 22.5. The molecule has 14 heteroatoms. The van der Waals surface area contributed by atoms with Crippen molar-refractivity contribution in [3.05, 3.63) is 97.7 Å². The Hall–Kier alpha value is -5.76. The van der Waals surface area contributed by atoms with Gasteiger partial charge in [-0.2, -0.15) is 0 Å². The van der Waals surface area contributed by atoms with Gasteiger partial charge in [0.15, 0.2) is 5.78 Å². The molecular weight excluding hydrogens is 785 g/mol. The number of hydrogen-bond donors (Lipinski definition) is 1. The summed E-state index contributed by atoms with van der Waals surface area (Å²) < 4.78 is 9.36. The van der Waals surface area contributed by atoms with E-state index in [0.29, 0.717) is 47.7 Å². The highest BCUT2D eigenvalue weighted by atomic mass is 16.5. The zero-order chi connectivity index (χ0) is 43.3. The van der Waals surface area contributed by atoms with Crippen LogP contribution in [0.1, 0.15) is 129 Å². The number of Topliss-reactive ketones (excluding diaryl/α,β-unsaturated/α-hetero) is 1. The molecule has 1 aliphatic carbocycles. The van der Waals surface area contributed by atoms with E-state index in [1.54, 1.807) is 16.8 Å². The van der Waals surface area contributed by atoms with E-state index in [-0.39, 0.29) is 40.8 Å². The maximum absolute atomic E-state index is 13.6. The zero-order valence-corrected chi connectivity index (χ0v) is 36.3. The lowest BCUT2D eigenvalue weighted by Gasteiger charge is -2.36. The van der Waals surface area contributed by atoms with E-state index in [1.165, 1.54) is 30.8 Å². The van der Waals surface area contributed by atoms with Crippen LogP contribution in [0.2, 0.25) is 0 Å². The van der Waals surface area contributed by atoms with E-state index in [1.807, 2.05) is 44.3 Å². The Bertz CT molecular complexity index is 2590. The topological polar surface area (TPSA) is 162 Å². The summed E-state index contributed by atoms with van der Waals surface area (Å²) in [7, 11) is 0. The van der Waals surface area contributed by atoms with E-state index in [0.717, 1.165) is 105 Å². The quantitative estimate of drug-likeness (QED) is 0.0652. The minimum absolute atomic E-state index is 0.0468. The van der Waals surface area contributed by atoms with Crippen LogP contribution in [0.4, 0.5) is 5.69 Å². The molecule has 3 aliphatic rings. The first kappa shape index (κ1) is 42.9. The zero-order valence-electron chi connectivity index (χ0n) is 36.3. The van der Waals surface area contributed by atoms with Crippen LogP contribution in [-0.2, 0) is 16.0 Å². The second kappa shape index (κ2) is 19.1. The second-order valence-corrected chi connectivity index (χ2v) is 17.4. The molecule has 326 valence electrons. The number of unbranched alkanes of at least 4 members (excludes halogenated alkanes) is 5.